The molecule has 12 heteroatoms. The molecule has 238 valence electrons. The van der Waals surface area contributed by atoms with Gasteiger partial charge in [0.15, 0.2) is 16.3 Å². The van der Waals surface area contributed by atoms with Crippen molar-refractivity contribution in [3.8, 4) is 5.75 Å². The first kappa shape index (κ1) is 33.1. The summed E-state index contributed by atoms with van der Waals surface area (Å²) in [5.74, 6) is -0.271. The van der Waals surface area contributed by atoms with Crippen LogP contribution in [0.25, 0.3) is 10.8 Å². The number of β-lactam (4-membered cyclic amide) rings is 1. The van der Waals surface area contributed by atoms with E-state index in [2.05, 4.69) is 49.1 Å². The van der Waals surface area contributed by atoms with Gasteiger partial charge in [0, 0.05) is 46.9 Å². The van der Waals surface area contributed by atoms with E-state index in [1.807, 2.05) is 55.6 Å². The van der Waals surface area contributed by atoms with Crippen LogP contribution >= 0.6 is 8.96 Å². The second kappa shape index (κ2) is 14.5. The van der Waals surface area contributed by atoms with Crippen molar-refractivity contribution >= 4 is 53.6 Å². The zero-order valence-electron chi connectivity index (χ0n) is 27.1. The summed E-state index contributed by atoms with van der Waals surface area (Å²) in [6.07, 6.45) is 3.39. The van der Waals surface area contributed by atoms with Crippen LogP contribution in [0.1, 0.15) is 40.2 Å². The molecule has 1 fully saturated rings. The number of nitrogens with zero attached hydrogens (tertiary/aromatic N) is 2. The summed E-state index contributed by atoms with van der Waals surface area (Å²) < 4.78 is 18.8. The molecule has 0 bridgehead atoms. The summed E-state index contributed by atoms with van der Waals surface area (Å²) in [5, 5.41) is 5.51. The van der Waals surface area contributed by atoms with Gasteiger partial charge in [-0.1, -0.05) is 58.0 Å². The second-order valence-electron chi connectivity index (χ2n) is 11.9. The molecule has 5 atom stereocenters. The summed E-state index contributed by atoms with van der Waals surface area (Å²) in [5.41, 5.74) is 3.17. The number of amides is 1. The molecule has 1 unspecified atom stereocenters. The molecule has 2 N–H and O–H groups in total. The van der Waals surface area contributed by atoms with Gasteiger partial charge in [-0.2, -0.15) is 0 Å². The Morgan fingerprint density at radius 3 is 2.51 bits per heavy atom. The normalized spacial score (nSPS) is 20.4. The number of rotatable bonds is 15. The smallest absolute Gasteiger partial charge is 0.358 e. The molecule has 2 aliphatic heterocycles. The molecule has 0 spiro atoms. The lowest BCUT2D eigenvalue weighted by Crippen LogP contribution is -2.65. The zero-order valence-corrected chi connectivity index (χ0v) is 29.1. The minimum Gasteiger partial charge on any atom is -0.488 e. The fourth-order valence-corrected chi connectivity index (χ4v) is 10.1. The van der Waals surface area contributed by atoms with E-state index < -0.39 is 14.3 Å². The van der Waals surface area contributed by atoms with Crippen molar-refractivity contribution in [1.29, 1.82) is 0 Å². The molecule has 0 radical (unpaired) electrons. The molecule has 2 aliphatic rings. The van der Waals surface area contributed by atoms with E-state index in [0.717, 1.165) is 45.7 Å². The molecule has 2 aromatic carbocycles. The molecule has 3 aromatic rings. The highest BCUT2D eigenvalue weighted by Crippen LogP contribution is 2.49. The molecule has 9 nitrogen and oxygen atoms in total. The quantitative estimate of drug-likeness (QED) is 0.126. The summed E-state index contributed by atoms with van der Waals surface area (Å²) in [6.45, 7) is 11.5. The van der Waals surface area contributed by atoms with E-state index >= 15 is 0 Å². The van der Waals surface area contributed by atoms with E-state index in [9.17, 15) is 9.59 Å². The number of hydrogen-bond acceptors (Lipinski definition) is 8. The van der Waals surface area contributed by atoms with Crippen LogP contribution < -0.4 is 15.1 Å². The standard InChI is InChI=1S/C33H44BN4O5PSi/c1-6-45(7-2,8-3)43-22(5)29-30-21(4)26(31(38(30)32(29)39)33(40)42-44-37-34)20-41-28-16-10-13-24-25(28)14-9-15-27(24)36-19-23-12-11-17-35-18-23/h9-18,21-22,29-30,36-37,44H,6-8,19-20,34H2,1-5H3/t21-,22+,29+,30+/m0/s1. The third kappa shape index (κ3) is 6.54. The van der Waals surface area contributed by atoms with E-state index in [1.165, 1.54) is 0 Å². The van der Waals surface area contributed by atoms with E-state index in [-0.39, 0.29) is 45.5 Å². The first-order valence-corrected chi connectivity index (χ1v) is 19.4. The van der Waals surface area contributed by atoms with E-state index in [1.54, 1.807) is 19.1 Å². The van der Waals surface area contributed by atoms with Gasteiger partial charge in [0.2, 0.25) is 5.91 Å². The highest BCUT2D eigenvalue weighted by atomic mass is 31.1. The molecule has 45 heavy (non-hydrogen) atoms. The Balaban J connectivity index is 1.39. The first-order chi connectivity index (χ1) is 21.8. The van der Waals surface area contributed by atoms with Gasteiger partial charge in [-0.3, -0.25) is 9.78 Å². The van der Waals surface area contributed by atoms with Gasteiger partial charge in [0.1, 0.15) is 27.0 Å². The van der Waals surface area contributed by atoms with Gasteiger partial charge >= 0.3 is 5.97 Å². The van der Waals surface area contributed by atoms with Crippen molar-refractivity contribution in [2.75, 3.05) is 11.9 Å². The van der Waals surface area contributed by atoms with Crippen molar-refractivity contribution in [2.45, 2.75) is 71.4 Å². The van der Waals surface area contributed by atoms with E-state index in [4.69, 9.17) is 13.7 Å². The third-order valence-corrected chi connectivity index (χ3v) is 14.8. The van der Waals surface area contributed by atoms with Crippen LogP contribution in [0.3, 0.4) is 0 Å². The van der Waals surface area contributed by atoms with Crippen LogP contribution in [0, 0.1) is 11.8 Å². The Bertz CT molecular complexity index is 1550. The summed E-state index contributed by atoms with van der Waals surface area (Å²) >= 11 is 0. The van der Waals surface area contributed by atoms with E-state index in [0.29, 0.717) is 18.0 Å². The Morgan fingerprint density at radius 1 is 1.09 bits per heavy atom. The molecule has 1 saturated heterocycles. The third-order valence-electron chi connectivity index (χ3n) is 9.58. The van der Waals surface area contributed by atoms with Crippen molar-refractivity contribution < 1.29 is 23.3 Å². The van der Waals surface area contributed by atoms with Gasteiger partial charge in [0.25, 0.3) is 0 Å². The van der Waals surface area contributed by atoms with Crippen LogP contribution in [0.15, 0.2) is 72.2 Å². The Morgan fingerprint density at radius 2 is 1.82 bits per heavy atom. The summed E-state index contributed by atoms with van der Waals surface area (Å²) in [7, 11) is -0.414. The average Bonchev–Trinajstić information content (AvgIpc) is 3.31. The molecule has 1 aromatic heterocycles. The zero-order chi connectivity index (χ0) is 32.1. The number of aromatic nitrogens is 1. The largest absolute Gasteiger partial charge is 0.488 e. The lowest BCUT2D eigenvalue weighted by molar-refractivity contribution is -0.161. The number of anilines is 1. The monoisotopic (exact) mass is 646 g/mol. The summed E-state index contributed by atoms with van der Waals surface area (Å²) in [6, 6.07) is 18.9. The Labute approximate surface area is 270 Å². The maximum atomic E-state index is 13.7. The van der Waals surface area contributed by atoms with Gasteiger partial charge in [0.05, 0.1) is 18.1 Å². The number of carbonyl (C=O) groups is 2. The minimum absolute atomic E-state index is 0.0743. The number of carbonyl (C=O) groups excluding carboxylic acids is 2. The summed E-state index contributed by atoms with van der Waals surface area (Å²) in [4.78, 5) is 35.9. The highest BCUT2D eigenvalue weighted by molar-refractivity contribution is 7.32. The average molecular weight is 647 g/mol. The predicted molar refractivity (Wildman–Crippen MR) is 185 cm³/mol. The second-order valence-corrected chi connectivity index (χ2v) is 17.5. The van der Waals surface area contributed by atoms with Gasteiger partial charge in [-0.15, -0.1) is 0 Å². The van der Waals surface area contributed by atoms with Crippen molar-refractivity contribution in [3.05, 3.63) is 77.8 Å². The number of fused-ring (bicyclic) bond motifs is 2. The number of ether oxygens (including phenoxy) is 1. The minimum atomic E-state index is -1.93. The topological polar surface area (TPSA) is 102 Å². The number of pyridine rings is 1. The molecule has 5 rings (SSSR count). The molecule has 3 heterocycles. The van der Waals surface area contributed by atoms with Crippen LogP contribution in [0.5, 0.6) is 5.75 Å². The molecular weight excluding hydrogens is 602 g/mol. The molecule has 0 aliphatic carbocycles. The fourth-order valence-electron chi connectivity index (χ4n) is 6.84. The van der Waals surface area contributed by atoms with Gasteiger partial charge < -0.3 is 28.9 Å². The Hall–Kier alpha value is -3.24. The molecule has 1 amide bonds. The van der Waals surface area contributed by atoms with Crippen molar-refractivity contribution in [3.63, 3.8) is 0 Å². The maximum Gasteiger partial charge on any atom is 0.358 e. The number of hydrogen-bond donors (Lipinski definition) is 2. The van der Waals surface area contributed by atoms with Crippen molar-refractivity contribution in [2.24, 2.45) is 11.8 Å². The molecule has 0 saturated carbocycles. The number of nitrogens with one attached hydrogen (secondary N) is 2. The maximum absolute atomic E-state index is 13.7. The first-order valence-electron chi connectivity index (χ1n) is 15.9. The van der Waals surface area contributed by atoms with Gasteiger partial charge in [-0.05, 0) is 48.8 Å². The van der Waals surface area contributed by atoms with Crippen LogP contribution in [0.2, 0.25) is 18.1 Å². The SMILES string of the molecule is BNPOC(=O)C1=C(COc2cccc3c(NCc4cccnc4)cccc23)[C@H](C)[C@@H]2[C@@H]([C@@H](C)O[Si](CC)(CC)CC)C(=O)N12. The van der Waals surface area contributed by atoms with Crippen LogP contribution in [-0.4, -0.2) is 56.8 Å². The van der Waals surface area contributed by atoms with Crippen LogP contribution in [0.4, 0.5) is 5.69 Å². The van der Waals surface area contributed by atoms with Crippen LogP contribution in [-0.2, 0) is 25.1 Å². The number of benzene rings is 2. The lowest BCUT2D eigenvalue weighted by Gasteiger charge is -2.49. The predicted octanol–water partition coefficient (Wildman–Crippen LogP) is 5.56. The Kier molecular flexibility index (Phi) is 10.6. The fraction of sp³-hybridized carbons (Fsp3) is 0.424. The van der Waals surface area contributed by atoms with Crippen molar-refractivity contribution in [1.82, 2.24) is 14.9 Å². The molecular formula is C33H44BN4O5PSi. The highest BCUT2D eigenvalue weighted by Gasteiger charge is 2.61. The van der Waals surface area contributed by atoms with Gasteiger partial charge in [-0.25, -0.2) is 4.79 Å². The lowest BCUT2D eigenvalue weighted by atomic mass is 9.78.